The molecular formula is C16H26N2. The number of aryl methyl sites for hydroxylation is 2. The molecule has 0 atom stereocenters. The zero-order chi connectivity index (χ0) is 11.6. The third kappa shape index (κ3) is 7.60. The Labute approximate surface area is 111 Å². The van der Waals surface area contributed by atoms with Crippen LogP contribution in [0.25, 0.3) is 0 Å². The van der Waals surface area contributed by atoms with Crippen LogP contribution < -0.4 is 12.3 Å². The Balaban J connectivity index is 0. The van der Waals surface area contributed by atoms with Crippen molar-refractivity contribution in [3.63, 3.8) is 0 Å². The molecule has 2 heteroatoms. The molecule has 0 aliphatic carbocycles. The summed E-state index contributed by atoms with van der Waals surface area (Å²) in [4.78, 5) is 0. The maximum atomic E-state index is 2.16. The van der Waals surface area contributed by atoms with Crippen LogP contribution in [0.1, 0.15) is 25.0 Å². The van der Waals surface area contributed by atoms with Gasteiger partial charge in [0.05, 0.1) is 0 Å². The molecule has 0 aromatic heterocycles. The monoisotopic (exact) mass is 246 g/mol. The van der Waals surface area contributed by atoms with E-state index in [-0.39, 0.29) is 12.3 Å². The third-order valence-corrected chi connectivity index (χ3v) is 2.50. The fourth-order valence-electron chi connectivity index (χ4n) is 1.43. The third-order valence-electron chi connectivity index (χ3n) is 2.50. The van der Waals surface area contributed by atoms with E-state index in [1.807, 2.05) is 12.1 Å². The summed E-state index contributed by atoms with van der Waals surface area (Å²) in [5.41, 5.74) is 2.82. The number of rotatable bonds is 2. The summed E-state index contributed by atoms with van der Waals surface area (Å²) in [6.07, 6.45) is 2.28. The first-order valence-corrected chi connectivity index (χ1v) is 5.94. The standard InChI is InChI=1S/2C8H10.2H3N/c2*1-2-8-6-4-3-5-7-8;;/h2*3-7H,2H2,1H3;2*1H3. The van der Waals surface area contributed by atoms with E-state index < -0.39 is 0 Å². The van der Waals surface area contributed by atoms with Crippen molar-refractivity contribution in [3.05, 3.63) is 71.8 Å². The normalized spacial score (nSPS) is 8.11. The first kappa shape index (κ1) is 18.7. The molecule has 6 N–H and O–H groups in total. The second-order valence-corrected chi connectivity index (χ2v) is 3.68. The molecule has 2 nitrogen and oxygen atoms in total. The highest BCUT2D eigenvalue weighted by Gasteiger charge is 1.80. The average Bonchev–Trinajstić information content (AvgIpc) is 2.41. The van der Waals surface area contributed by atoms with Gasteiger partial charge in [0.2, 0.25) is 0 Å². The average molecular weight is 246 g/mol. The van der Waals surface area contributed by atoms with Gasteiger partial charge in [0, 0.05) is 0 Å². The predicted octanol–water partition coefficient (Wildman–Crippen LogP) is 4.82. The molecule has 0 unspecified atom stereocenters. The van der Waals surface area contributed by atoms with E-state index >= 15 is 0 Å². The Bertz CT molecular complexity index is 331. The summed E-state index contributed by atoms with van der Waals surface area (Å²) >= 11 is 0. The molecule has 0 saturated heterocycles. The summed E-state index contributed by atoms with van der Waals surface area (Å²) < 4.78 is 0. The van der Waals surface area contributed by atoms with Crippen LogP contribution in [0, 0.1) is 0 Å². The summed E-state index contributed by atoms with van der Waals surface area (Å²) in [5.74, 6) is 0. The lowest BCUT2D eigenvalue weighted by Crippen LogP contribution is -1.73. The van der Waals surface area contributed by atoms with Crippen LogP contribution in [0.3, 0.4) is 0 Å². The number of hydrogen-bond acceptors (Lipinski definition) is 2. The molecular weight excluding hydrogens is 220 g/mol. The Kier molecular flexibility index (Phi) is 12.3. The minimum Gasteiger partial charge on any atom is -0.344 e. The molecule has 0 radical (unpaired) electrons. The van der Waals surface area contributed by atoms with Crippen LogP contribution in [-0.4, -0.2) is 0 Å². The molecule has 2 aromatic carbocycles. The summed E-state index contributed by atoms with van der Waals surface area (Å²) in [6, 6.07) is 20.9. The van der Waals surface area contributed by atoms with Crippen LogP contribution in [-0.2, 0) is 12.8 Å². The molecule has 18 heavy (non-hydrogen) atoms. The first-order chi connectivity index (χ1) is 7.86. The minimum absolute atomic E-state index is 0. The molecule has 0 bridgehead atoms. The van der Waals surface area contributed by atoms with E-state index in [0.717, 1.165) is 12.8 Å². The Morgan fingerprint density at radius 3 is 1.00 bits per heavy atom. The highest BCUT2D eigenvalue weighted by Crippen LogP contribution is 1.97. The summed E-state index contributed by atoms with van der Waals surface area (Å²) in [6.45, 7) is 4.32. The van der Waals surface area contributed by atoms with Gasteiger partial charge < -0.3 is 12.3 Å². The van der Waals surface area contributed by atoms with Gasteiger partial charge in [-0.25, -0.2) is 0 Å². The van der Waals surface area contributed by atoms with Gasteiger partial charge in [-0.15, -0.1) is 0 Å². The number of hydrogen-bond donors (Lipinski definition) is 2. The molecule has 2 aromatic rings. The van der Waals surface area contributed by atoms with Crippen molar-refractivity contribution in [1.82, 2.24) is 12.3 Å². The van der Waals surface area contributed by atoms with Crippen molar-refractivity contribution in [2.24, 2.45) is 0 Å². The van der Waals surface area contributed by atoms with E-state index in [9.17, 15) is 0 Å². The molecule has 0 saturated carbocycles. The zero-order valence-corrected chi connectivity index (χ0v) is 11.6. The Morgan fingerprint density at radius 2 is 0.833 bits per heavy atom. The summed E-state index contributed by atoms with van der Waals surface area (Å²) in [5, 5.41) is 0. The SMILES string of the molecule is CCc1ccccc1.CCc1ccccc1.N.N. The van der Waals surface area contributed by atoms with Gasteiger partial charge in [0.15, 0.2) is 0 Å². The van der Waals surface area contributed by atoms with Gasteiger partial charge in [0.1, 0.15) is 0 Å². The molecule has 100 valence electrons. The van der Waals surface area contributed by atoms with Crippen LogP contribution in [0.4, 0.5) is 0 Å². The van der Waals surface area contributed by atoms with Gasteiger partial charge in [-0.3, -0.25) is 0 Å². The first-order valence-electron chi connectivity index (χ1n) is 5.94. The molecule has 0 aliphatic rings. The quantitative estimate of drug-likeness (QED) is 0.797. The van der Waals surface area contributed by atoms with Crippen LogP contribution in [0.2, 0.25) is 0 Å². The molecule has 0 fully saturated rings. The Morgan fingerprint density at radius 1 is 0.556 bits per heavy atom. The van der Waals surface area contributed by atoms with E-state index in [0.29, 0.717) is 0 Å². The van der Waals surface area contributed by atoms with Crippen molar-refractivity contribution in [1.29, 1.82) is 0 Å². The van der Waals surface area contributed by atoms with Crippen molar-refractivity contribution in [2.75, 3.05) is 0 Å². The summed E-state index contributed by atoms with van der Waals surface area (Å²) in [7, 11) is 0. The maximum Gasteiger partial charge on any atom is -0.0307 e. The largest absolute Gasteiger partial charge is 0.344 e. The lowest BCUT2D eigenvalue weighted by atomic mass is 10.2. The van der Waals surface area contributed by atoms with Gasteiger partial charge in [-0.2, -0.15) is 0 Å². The topological polar surface area (TPSA) is 70.0 Å². The fourth-order valence-corrected chi connectivity index (χ4v) is 1.43. The molecule has 0 heterocycles. The smallest absolute Gasteiger partial charge is 0.0307 e. The molecule has 2 rings (SSSR count). The fraction of sp³-hybridized carbons (Fsp3) is 0.250. The lowest BCUT2D eigenvalue weighted by Gasteiger charge is -1.89. The molecule has 0 spiro atoms. The van der Waals surface area contributed by atoms with E-state index in [4.69, 9.17) is 0 Å². The molecule has 0 aliphatic heterocycles. The second-order valence-electron chi connectivity index (χ2n) is 3.68. The van der Waals surface area contributed by atoms with Gasteiger partial charge >= 0.3 is 0 Å². The minimum atomic E-state index is 0. The van der Waals surface area contributed by atoms with E-state index in [1.165, 1.54) is 11.1 Å². The number of benzene rings is 2. The van der Waals surface area contributed by atoms with E-state index in [2.05, 4.69) is 62.4 Å². The van der Waals surface area contributed by atoms with Crippen LogP contribution in [0.15, 0.2) is 60.7 Å². The zero-order valence-electron chi connectivity index (χ0n) is 11.6. The molecule has 0 amide bonds. The van der Waals surface area contributed by atoms with Crippen molar-refractivity contribution < 1.29 is 0 Å². The van der Waals surface area contributed by atoms with Crippen molar-refractivity contribution >= 4 is 0 Å². The van der Waals surface area contributed by atoms with Gasteiger partial charge in [-0.05, 0) is 24.0 Å². The lowest BCUT2D eigenvalue weighted by molar-refractivity contribution is 1.14. The van der Waals surface area contributed by atoms with Crippen molar-refractivity contribution in [3.8, 4) is 0 Å². The van der Waals surface area contributed by atoms with Crippen LogP contribution >= 0.6 is 0 Å². The van der Waals surface area contributed by atoms with Gasteiger partial charge in [-0.1, -0.05) is 74.5 Å². The predicted molar refractivity (Wildman–Crippen MR) is 81.7 cm³/mol. The van der Waals surface area contributed by atoms with Gasteiger partial charge in [0.25, 0.3) is 0 Å². The van der Waals surface area contributed by atoms with Crippen molar-refractivity contribution in [2.45, 2.75) is 26.7 Å². The second kappa shape index (κ2) is 11.8. The maximum absolute atomic E-state index is 2.16. The highest BCUT2D eigenvalue weighted by molar-refractivity contribution is 5.14. The van der Waals surface area contributed by atoms with Crippen LogP contribution in [0.5, 0.6) is 0 Å². The Hall–Kier alpha value is -1.64. The highest BCUT2D eigenvalue weighted by atomic mass is 14.0. The van der Waals surface area contributed by atoms with E-state index in [1.54, 1.807) is 0 Å².